The summed E-state index contributed by atoms with van der Waals surface area (Å²) in [6, 6.07) is 17.6. The zero-order valence-corrected chi connectivity index (χ0v) is 28.3. The van der Waals surface area contributed by atoms with Crippen LogP contribution in [0, 0.1) is 5.82 Å². The second-order valence-corrected chi connectivity index (χ2v) is 15.9. The summed E-state index contributed by atoms with van der Waals surface area (Å²) in [6.45, 7) is -1.04. The fourth-order valence-corrected chi connectivity index (χ4v) is 7.25. The highest BCUT2D eigenvalue weighted by Gasteiger charge is 2.28. The topological polar surface area (TPSA) is 156 Å². The first-order valence-corrected chi connectivity index (χ1v) is 18.9. The van der Waals surface area contributed by atoms with Gasteiger partial charge in [-0.15, -0.1) is 0 Å². The molecule has 4 aromatic rings. The van der Waals surface area contributed by atoms with Crippen LogP contribution in [-0.2, 0) is 44.0 Å². The summed E-state index contributed by atoms with van der Waals surface area (Å²) < 4.78 is 76.4. The largest absolute Gasteiger partial charge is 0.488 e. The molecule has 1 aliphatic carbocycles. The van der Waals surface area contributed by atoms with E-state index < -0.39 is 44.4 Å². The molecule has 0 unspecified atom stereocenters. The van der Waals surface area contributed by atoms with Gasteiger partial charge in [-0.3, -0.25) is 10.1 Å². The monoisotopic (exact) mass is 717 g/mol. The molecule has 0 fully saturated rings. The predicted octanol–water partition coefficient (Wildman–Crippen LogP) is 5.13. The van der Waals surface area contributed by atoms with E-state index in [9.17, 15) is 36.2 Å². The van der Waals surface area contributed by atoms with Gasteiger partial charge in [0.15, 0.2) is 19.7 Å². The van der Waals surface area contributed by atoms with Gasteiger partial charge in [-0.25, -0.2) is 21.2 Å². The number of rotatable bonds is 13. The molecule has 0 spiro atoms. The fourth-order valence-electron chi connectivity index (χ4n) is 5.53. The van der Waals surface area contributed by atoms with Gasteiger partial charge in [0.25, 0.3) is 0 Å². The number of hydrogen-bond acceptors (Lipinski definition) is 9. The Morgan fingerprint density at radius 1 is 0.958 bits per heavy atom. The highest BCUT2D eigenvalue weighted by Crippen LogP contribution is 2.43. The van der Waals surface area contributed by atoms with Gasteiger partial charge in [-0.1, -0.05) is 48.0 Å². The summed E-state index contributed by atoms with van der Waals surface area (Å²) in [5, 5.41) is 21.8. The number of carboxylic acid groups (broad SMARTS) is 1. The summed E-state index contributed by atoms with van der Waals surface area (Å²) in [6.07, 6.45) is 2.71. The van der Waals surface area contributed by atoms with Crippen molar-refractivity contribution < 1.29 is 45.7 Å². The van der Waals surface area contributed by atoms with E-state index >= 15 is 0 Å². The van der Waals surface area contributed by atoms with Crippen molar-refractivity contribution in [3.05, 3.63) is 106 Å². The van der Waals surface area contributed by atoms with Crippen molar-refractivity contribution >= 4 is 37.2 Å². The number of fused-ring (bicyclic) bond motifs is 1. The van der Waals surface area contributed by atoms with Gasteiger partial charge >= 0.3 is 5.97 Å². The van der Waals surface area contributed by atoms with E-state index in [0.29, 0.717) is 24.0 Å². The second kappa shape index (κ2) is 14.2. The molecule has 3 N–H and O–H groups in total. The molecule has 10 nitrogen and oxygen atoms in total. The Labute approximate surface area is 282 Å². The van der Waals surface area contributed by atoms with Crippen molar-refractivity contribution in [2.45, 2.75) is 47.9 Å². The van der Waals surface area contributed by atoms with Crippen LogP contribution in [-0.4, -0.2) is 58.2 Å². The maximum absolute atomic E-state index is 14.7. The van der Waals surface area contributed by atoms with Crippen molar-refractivity contribution in [1.29, 1.82) is 0 Å². The van der Waals surface area contributed by atoms with Gasteiger partial charge in [-0.05, 0) is 65.4 Å². The maximum atomic E-state index is 14.7. The molecular formula is C34H33ClFNO9S2. The van der Waals surface area contributed by atoms with Gasteiger partial charge in [0.2, 0.25) is 0 Å². The molecule has 254 valence electrons. The van der Waals surface area contributed by atoms with Gasteiger partial charge in [0.1, 0.15) is 36.1 Å². The first kappa shape index (κ1) is 35.3. The van der Waals surface area contributed by atoms with Crippen molar-refractivity contribution in [1.82, 2.24) is 5.32 Å². The van der Waals surface area contributed by atoms with E-state index in [1.165, 1.54) is 30.3 Å². The Morgan fingerprint density at radius 3 is 2.25 bits per heavy atom. The molecule has 0 aliphatic heterocycles. The Morgan fingerprint density at radius 2 is 1.62 bits per heavy atom. The average Bonchev–Trinajstić information content (AvgIpc) is 3.44. The third kappa shape index (κ3) is 7.99. The molecule has 2 atom stereocenters. The number of carbonyl (C=O) groups is 1. The number of aliphatic hydroxyl groups is 1. The van der Waals surface area contributed by atoms with Crippen LogP contribution in [0.1, 0.15) is 34.8 Å². The first-order valence-electron chi connectivity index (χ1n) is 14.8. The van der Waals surface area contributed by atoms with E-state index in [2.05, 4.69) is 5.32 Å². The molecule has 48 heavy (non-hydrogen) atoms. The summed E-state index contributed by atoms with van der Waals surface area (Å²) in [7, 11) is -7.54. The highest BCUT2D eigenvalue weighted by molar-refractivity contribution is 7.91. The Balaban J connectivity index is 1.48. The fraction of sp³-hybridized carbons (Fsp3) is 0.265. The molecule has 0 radical (unpaired) electrons. The SMILES string of the molecule is CS(=O)(=O)c1cc(COc2cc(O[C@H]3CCc4c(-c5ccccc5F)cccc43)c(Cl)cc2CN[C@@H](CO)C(=O)O)cc(S(C)(=O)=O)c1. The number of hydrogen-bond donors (Lipinski definition) is 3. The number of halogens is 2. The maximum Gasteiger partial charge on any atom is 0.323 e. The molecular weight excluding hydrogens is 685 g/mol. The zero-order chi connectivity index (χ0) is 34.8. The summed E-state index contributed by atoms with van der Waals surface area (Å²) in [5.41, 5.74) is 3.73. The third-order valence-corrected chi connectivity index (χ3v) is 10.5. The van der Waals surface area contributed by atoms with Gasteiger partial charge in [-0.2, -0.15) is 0 Å². The normalized spacial score (nSPS) is 15.1. The van der Waals surface area contributed by atoms with Gasteiger partial charge in [0.05, 0.1) is 21.4 Å². The number of aliphatic carboxylic acids is 1. The van der Waals surface area contributed by atoms with E-state index in [1.54, 1.807) is 18.2 Å². The van der Waals surface area contributed by atoms with Gasteiger partial charge in [0, 0.05) is 36.2 Å². The first-order chi connectivity index (χ1) is 22.7. The molecule has 0 amide bonds. The number of ether oxygens (including phenoxy) is 2. The second-order valence-electron chi connectivity index (χ2n) is 11.5. The van der Waals surface area contributed by atoms with Crippen LogP contribution in [0.2, 0.25) is 5.02 Å². The molecule has 14 heteroatoms. The smallest absolute Gasteiger partial charge is 0.323 e. The van der Waals surface area contributed by atoms with E-state index in [4.69, 9.17) is 21.1 Å². The van der Waals surface area contributed by atoms with Crippen molar-refractivity contribution in [2.75, 3.05) is 19.1 Å². The van der Waals surface area contributed by atoms with Gasteiger partial charge < -0.3 is 19.7 Å². The molecule has 5 rings (SSSR count). The third-order valence-electron chi connectivity index (χ3n) is 7.97. The lowest BCUT2D eigenvalue weighted by atomic mass is 9.96. The quantitative estimate of drug-likeness (QED) is 0.169. The highest BCUT2D eigenvalue weighted by atomic mass is 35.5. The average molecular weight is 718 g/mol. The standard InChI is InChI=1S/C34H33ClFNO9S2/c1-47(41,42)22-12-20(13-23(15-22)48(2,43)44)19-45-32-16-33(28(35)14-21(32)17-37-30(18-38)34(39)40)46-31-11-10-25-24(7-5-8-27(25)31)26-6-3-4-9-29(26)36/h3-9,12-16,30-31,37-38H,10-11,17-19H2,1-2H3,(H,39,40)/t30-,31-/m0/s1. The van der Waals surface area contributed by atoms with Crippen LogP contribution in [0.3, 0.4) is 0 Å². The van der Waals surface area contributed by atoms with E-state index in [1.807, 2.05) is 18.2 Å². The van der Waals surface area contributed by atoms with Crippen LogP contribution in [0.25, 0.3) is 11.1 Å². The zero-order valence-electron chi connectivity index (χ0n) is 25.9. The van der Waals surface area contributed by atoms with Crippen LogP contribution in [0.15, 0.2) is 82.6 Å². The van der Waals surface area contributed by atoms with Crippen LogP contribution >= 0.6 is 11.6 Å². The predicted molar refractivity (Wildman–Crippen MR) is 177 cm³/mol. The minimum absolute atomic E-state index is 0.0942. The van der Waals surface area contributed by atoms with E-state index in [-0.39, 0.29) is 50.8 Å². The lowest BCUT2D eigenvalue weighted by molar-refractivity contribution is -0.140. The lowest BCUT2D eigenvalue weighted by Gasteiger charge is -2.20. The number of benzene rings is 4. The Bertz CT molecular complexity index is 2040. The summed E-state index contributed by atoms with van der Waals surface area (Å²) >= 11 is 6.67. The van der Waals surface area contributed by atoms with Crippen LogP contribution in [0.4, 0.5) is 4.39 Å². The van der Waals surface area contributed by atoms with Crippen molar-refractivity contribution in [2.24, 2.45) is 0 Å². The number of nitrogens with one attached hydrogen (secondary N) is 1. The van der Waals surface area contributed by atoms with Crippen molar-refractivity contribution in [3.8, 4) is 22.6 Å². The summed E-state index contributed by atoms with van der Waals surface area (Å²) in [4.78, 5) is 11.1. The number of sulfone groups is 2. The summed E-state index contributed by atoms with van der Waals surface area (Å²) in [5.74, 6) is -1.18. The molecule has 0 heterocycles. The molecule has 1 aliphatic rings. The molecule has 0 bridgehead atoms. The van der Waals surface area contributed by atoms with Crippen molar-refractivity contribution in [3.63, 3.8) is 0 Å². The Hall–Kier alpha value is -4.01. The van der Waals surface area contributed by atoms with E-state index in [0.717, 1.165) is 35.3 Å². The lowest BCUT2D eigenvalue weighted by Crippen LogP contribution is -2.39. The van der Waals surface area contributed by atoms with Crippen LogP contribution in [0.5, 0.6) is 11.5 Å². The minimum Gasteiger partial charge on any atom is -0.488 e. The number of carboxylic acids is 1. The Kier molecular flexibility index (Phi) is 10.5. The molecule has 0 aromatic heterocycles. The number of aliphatic hydroxyl groups excluding tert-OH is 1. The minimum atomic E-state index is -3.77. The molecule has 0 saturated carbocycles. The van der Waals surface area contributed by atoms with Crippen LogP contribution < -0.4 is 14.8 Å². The molecule has 4 aromatic carbocycles. The molecule has 0 saturated heterocycles.